The predicted octanol–water partition coefficient (Wildman–Crippen LogP) is 2.51. The van der Waals surface area contributed by atoms with Crippen LogP contribution in [0.25, 0.3) is 0 Å². The number of benzene rings is 1. The quantitative estimate of drug-likeness (QED) is 0.604. The van der Waals surface area contributed by atoms with E-state index in [1.54, 1.807) is 44.4 Å². The highest BCUT2D eigenvalue weighted by molar-refractivity contribution is 5.97. The first kappa shape index (κ1) is 15.0. The SMILES string of the molecule is CC/C=C\COC(=O)c1cccc(C(=O)N(C)C)c1. The molecule has 0 saturated carbocycles. The molecule has 0 aliphatic rings. The van der Waals surface area contributed by atoms with E-state index in [1.165, 1.54) is 4.90 Å². The highest BCUT2D eigenvalue weighted by Crippen LogP contribution is 2.08. The first-order chi connectivity index (χ1) is 9.06. The number of rotatable bonds is 5. The van der Waals surface area contributed by atoms with Gasteiger partial charge in [0.25, 0.3) is 5.91 Å². The fraction of sp³-hybridized carbons (Fsp3) is 0.333. The molecule has 4 nitrogen and oxygen atoms in total. The lowest BCUT2D eigenvalue weighted by molar-refractivity contribution is 0.0549. The van der Waals surface area contributed by atoms with Crippen molar-refractivity contribution in [3.05, 3.63) is 47.5 Å². The summed E-state index contributed by atoms with van der Waals surface area (Å²) >= 11 is 0. The van der Waals surface area contributed by atoms with Gasteiger partial charge in [-0.25, -0.2) is 4.79 Å². The molecule has 4 heteroatoms. The van der Waals surface area contributed by atoms with Crippen LogP contribution in [0, 0.1) is 0 Å². The van der Waals surface area contributed by atoms with Gasteiger partial charge in [0.15, 0.2) is 0 Å². The lowest BCUT2D eigenvalue weighted by Crippen LogP contribution is -2.22. The molecule has 19 heavy (non-hydrogen) atoms. The Labute approximate surface area is 113 Å². The zero-order valence-corrected chi connectivity index (χ0v) is 11.6. The molecular formula is C15H19NO3. The molecule has 0 aliphatic heterocycles. The Balaban J connectivity index is 2.73. The number of carbonyl (C=O) groups excluding carboxylic acids is 2. The fourth-order valence-electron chi connectivity index (χ4n) is 1.48. The van der Waals surface area contributed by atoms with Crippen molar-refractivity contribution >= 4 is 11.9 Å². The van der Waals surface area contributed by atoms with Crippen molar-refractivity contribution in [3.8, 4) is 0 Å². The van der Waals surface area contributed by atoms with E-state index in [0.29, 0.717) is 11.1 Å². The van der Waals surface area contributed by atoms with Gasteiger partial charge in [-0.15, -0.1) is 0 Å². The van der Waals surface area contributed by atoms with Crippen molar-refractivity contribution in [2.45, 2.75) is 13.3 Å². The van der Waals surface area contributed by atoms with Crippen LogP contribution in [0.4, 0.5) is 0 Å². The number of amides is 1. The van der Waals surface area contributed by atoms with Crippen LogP contribution in [0.3, 0.4) is 0 Å². The maximum absolute atomic E-state index is 11.8. The van der Waals surface area contributed by atoms with Crippen LogP contribution < -0.4 is 0 Å². The standard InChI is InChI=1S/C15H19NO3/c1-4-5-6-10-19-15(18)13-9-7-8-12(11-13)14(17)16(2)3/h5-9,11H,4,10H2,1-3H3/b6-5-. The van der Waals surface area contributed by atoms with E-state index in [4.69, 9.17) is 4.74 Å². The molecule has 0 fully saturated rings. The lowest BCUT2D eigenvalue weighted by atomic mass is 10.1. The van der Waals surface area contributed by atoms with Crippen LogP contribution in [0.5, 0.6) is 0 Å². The minimum Gasteiger partial charge on any atom is -0.458 e. The van der Waals surface area contributed by atoms with E-state index in [-0.39, 0.29) is 12.5 Å². The molecule has 1 rings (SSSR count). The Morgan fingerprint density at radius 3 is 2.53 bits per heavy atom. The number of esters is 1. The van der Waals surface area contributed by atoms with Gasteiger partial charge in [-0.1, -0.05) is 25.1 Å². The summed E-state index contributed by atoms with van der Waals surface area (Å²) in [5, 5.41) is 0. The van der Waals surface area contributed by atoms with Gasteiger partial charge in [0.1, 0.15) is 6.61 Å². The maximum Gasteiger partial charge on any atom is 0.338 e. The highest BCUT2D eigenvalue weighted by Gasteiger charge is 2.12. The number of hydrogen-bond acceptors (Lipinski definition) is 3. The Kier molecular flexibility index (Phi) is 5.79. The van der Waals surface area contributed by atoms with Gasteiger partial charge in [0, 0.05) is 19.7 Å². The van der Waals surface area contributed by atoms with Crippen LogP contribution in [-0.4, -0.2) is 37.5 Å². The second-order valence-corrected chi connectivity index (χ2v) is 4.26. The van der Waals surface area contributed by atoms with E-state index in [1.807, 2.05) is 13.0 Å². The molecule has 0 radical (unpaired) electrons. The number of ether oxygens (including phenoxy) is 1. The fourth-order valence-corrected chi connectivity index (χ4v) is 1.48. The third kappa shape index (κ3) is 4.58. The zero-order valence-electron chi connectivity index (χ0n) is 11.6. The monoisotopic (exact) mass is 261 g/mol. The van der Waals surface area contributed by atoms with Crippen molar-refractivity contribution in [1.29, 1.82) is 0 Å². The maximum atomic E-state index is 11.8. The molecule has 0 atom stereocenters. The van der Waals surface area contributed by atoms with Crippen LogP contribution in [0.2, 0.25) is 0 Å². The number of nitrogens with zero attached hydrogens (tertiary/aromatic N) is 1. The molecule has 0 saturated heterocycles. The van der Waals surface area contributed by atoms with Gasteiger partial charge in [0.2, 0.25) is 0 Å². The third-order valence-electron chi connectivity index (χ3n) is 2.46. The van der Waals surface area contributed by atoms with E-state index in [0.717, 1.165) is 6.42 Å². The second-order valence-electron chi connectivity index (χ2n) is 4.26. The molecule has 1 amide bonds. The molecule has 1 aromatic rings. The summed E-state index contributed by atoms with van der Waals surface area (Å²) in [5.74, 6) is -0.560. The summed E-state index contributed by atoms with van der Waals surface area (Å²) in [6.45, 7) is 2.26. The van der Waals surface area contributed by atoms with E-state index < -0.39 is 5.97 Å². The lowest BCUT2D eigenvalue weighted by Gasteiger charge is -2.10. The molecule has 0 bridgehead atoms. The number of carbonyl (C=O) groups is 2. The summed E-state index contributed by atoms with van der Waals surface area (Å²) in [6.07, 6.45) is 4.64. The average Bonchev–Trinajstić information content (AvgIpc) is 2.42. The minimum atomic E-state index is -0.422. The van der Waals surface area contributed by atoms with Crippen LogP contribution in [0.1, 0.15) is 34.1 Å². The average molecular weight is 261 g/mol. The van der Waals surface area contributed by atoms with Crippen LogP contribution >= 0.6 is 0 Å². The first-order valence-corrected chi connectivity index (χ1v) is 6.20. The molecule has 0 aromatic heterocycles. The van der Waals surface area contributed by atoms with Crippen molar-refractivity contribution in [2.24, 2.45) is 0 Å². The number of allylic oxidation sites excluding steroid dienone is 1. The molecule has 0 N–H and O–H groups in total. The number of hydrogen-bond donors (Lipinski definition) is 0. The van der Waals surface area contributed by atoms with Gasteiger partial charge >= 0.3 is 5.97 Å². The Bertz CT molecular complexity index is 478. The molecule has 0 aliphatic carbocycles. The van der Waals surface area contributed by atoms with Crippen LogP contribution in [-0.2, 0) is 4.74 Å². The van der Waals surface area contributed by atoms with Crippen molar-refractivity contribution < 1.29 is 14.3 Å². The Hall–Kier alpha value is -2.10. The Morgan fingerprint density at radius 2 is 1.89 bits per heavy atom. The topological polar surface area (TPSA) is 46.6 Å². The highest BCUT2D eigenvalue weighted by atomic mass is 16.5. The second kappa shape index (κ2) is 7.36. The molecular weight excluding hydrogens is 242 g/mol. The molecule has 1 aromatic carbocycles. The normalized spacial score (nSPS) is 10.5. The van der Waals surface area contributed by atoms with Crippen molar-refractivity contribution in [1.82, 2.24) is 4.90 Å². The van der Waals surface area contributed by atoms with Gasteiger partial charge in [-0.2, -0.15) is 0 Å². The molecule has 0 spiro atoms. The summed E-state index contributed by atoms with van der Waals surface area (Å²) in [6, 6.07) is 6.54. The Morgan fingerprint density at radius 1 is 1.21 bits per heavy atom. The first-order valence-electron chi connectivity index (χ1n) is 6.20. The smallest absolute Gasteiger partial charge is 0.338 e. The van der Waals surface area contributed by atoms with Gasteiger partial charge in [-0.3, -0.25) is 4.79 Å². The zero-order chi connectivity index (χ0) is 14.3. The van der Waals surface area contributed by atoms with Gasteiger partial charge in [0.05, 0.1) is 5.56 Å². The van der Waals surface area contributed by atoms with E-state index in [9.17, 15) is 9.59 Å². The van der Waals surface area contributed by atoms with Crippen molar-refractivity contribution in [3.63, 3.8) is 0 Å². The molecule has 0 unspecified atom stereocenters. The van der Waals surface area contributed by atoms with Crippen LogP contribution in [0.15, 0.2) is 36.4 Å². The van der Waals surface area contributed by atoms with Crippen molar-refractivity contribution in [2.75, 3.05) is 20.7 Å². The summed E-state index contributed by atoms with van der Waals surface area (Å²) in [4.78, 5) is 25.0. The molecule has 0 heterocycles. The minimum absolute atomic E-state index is 0.138. The van der Waals surface area contributed by atoms with Gasteiger partial charge in [-0.05, 0) is 24.6 Å². The van der Waals surface area contributed by atoms with E-state index in [2.05, 4.69) is 0 Å². The van der Waals surface area contributed by atoms with Gasteiger partial charge < -0.3 is 9.64 Å². The summed E-state index contributed by atoms with van der Waals surface area (Å²) in [7, 11) is 3.34. The van der Waals surface area contributed by atoms with E-state index >= 15 is 0 Å². The summed E-state index contributed by atoms with van der Waals surface area (Å²) in [5.41, 5.74) is 0.862. The molecule has 102 valence electrons. The summed E-state index contributed by atoms with van der Waals surface area (Å²) < 4.78 is 5.07. The third-order valence-corrected chi connectivity index (χ3v) is 2.46. The largest absolute Gasteiger partial charge is 0.458 e. The predicted molar refractivity (Wildman–Crippen MR) is 74.2 cm³/mol.